The summed E-state index contributed by atoms with van der Waals surface area (Å²) in [7, 11) is 1.86. The summed E-state index contributed by atoms with van der Waals surface area (Å²) >= 11 is 5.04. The highest BCUT2D eigenvalue weighted by atomic mass is 79.9. The van der Waals surface area contributed by atoms with Gasteiger partial charge < -0.3 is 5.32 Å². The van der Waals surface area contributed by atoms with Crippen LogP contribution in [0.25, 0.3) is 10.2 Å². The number of thiophene rings is 1. The van der Waals surface area contributed by atoms with Crippen molar-refractivity contribution < 1.29 is 0 Å². The summed E-state index contributed by atoms with van der Waals surface area (Å²) < 4.78 is 2.17. The molecule has 3 nitrogen and oxygen atoms in total. The number of rotatable bonds is 1. The van der Waals surface area contributed by atoms with Crippen LogP contribution in [-0.2, 0) is 0 Å². The van der Waals surface area contributed by atoms with E-state index < -0.39 is 0 Å². The molecule has 0 aliphatic rings. The minimum Gasteiger partial charge on any atom is -0.372 e. The summed E-state index contributed by atoms with van der Waals surface area (Å²) in [4.78, 5) is 8.25. The van der Waals surface area contributed by atoms with Gasteiger partial charge in [0.05, 0.1) is 14.0 Å². The van der Waals surface area contributed by atoms with Crippen molar-refractivity contribution in [2.45, 2.75) is 0 Å². The van der Waals surface area contributed by atoms with Gasteiger partial charge in [-0.15, -0.1) is 11.3 Å². The lowest BCUT2D eigenvalue weighted by atomic mass is 10.4. The SMILES string of the molecule is CNc1ncnc2cc(Br)sc12. The molecule has 12 heavy (non-hydrogen) atoms. The van der Waals surface area contributed by atoms with Gasteiger partial charge in [-0.05, 0) is 22.0 Å². The van der Waals surface area contributed by atoms with Crippen LogP contribution in [0.15, 0.2) is 16.2 Å². The predicted octanol–water partition coefficient (Wildman–Crippen LogP) is 2.50. The van der Waals surface area contributed by atoms with Crippen LogP contribution in [0.1, 0.15) is 0 Å². The van der Waals surface area contributed by atoms with Crippen LogP contribution >= 0.6 is 27.3 Å². The van der Waals surface area contributed by atoms with E-state index in [-0.39, 0.29) is 0 Å². The first kappa shape index (κ1) is 7.94. The second-order valence-electron chi connectivity index (χ2n) is 2.24. The van der Waals surface area contributed by atoms with Crippen molar-refractivity contribution in [3.8, 4) is 0 Å². The number of anilines is 1. The minimum atomic E-state index is 0.885. The summed E-state index contributed by atoms with van der Waals surface area (Å²) in [5.74, 6) is 0.885. The number of hydrogen-bond acceptors (Lipinski definition) is 4. The van der Waals surface area contributed by atoms with Gasteiger partial charge in [0.15, 0.2) is 0 Å². The van der Waals surface area contributed by atoms with E-state index in [0.29, 0.717) is 0 Å². The summed E-state index contributed by atoms with van der Waals surface area (Å²) in [6.45, 7) is 0. The molecule has 2 aromatic rings. The van der Waals surface area contributed by atoms with Crippen LogP contribution in [-0.4, -0.2) is 17.0 Å². The predicted molar refractivity (Wildman–Crippen MR) is 54.7 cm³/mol. The Morgan fingerprint density at radius 1 is 1.50 bits per heavy atom. The lowest BCUT2D eigenvalue weighted by Crippen LogP contribution is -1.91. The Bertz CT molecular complexity index is 412. The molecule has 0 fully saturated rings. The standard InChI is InChI=1S/C7H6BrN3S/c1-9-7-6-4(10-3-11-7)2-5(8)12-6/h2-3H,1H3,(H,9,10,11). The van der Waals surface area contributed by atoms with Crippen molar-refractivity contribution >= 4 is 43.3 Å². The molecule has 0 atom stereocenters. The normalized spacial score (nSPS) is 10.5. The molecule has 0 saturated carbocycles. The molecule has 2 heterocycles. The first-order chi connectivity index (χ1) is 5.81. The van der Waals surface area contributed by atoms with E-state index in [1.807, 2.05) is 13.1 Å². The van der Waals surface area contributed by atoms with Crippen LogP contribution in [0.5, 0.6) is 0 Å². The lowest BCUT2D eigenvalue weighted by molar-refractivity contribution is 1.22. The summed E-state index contributed by atoms with van der Waals surface area (Å²) in [6.07, 6.45) is 1.56. The molecule has 0 unspecified atom stereocenters. The molecule has 62 valence electrons. The van der Waals surface area contributed by atoms with E-state index in [1.54, 1.807) is 17.7 Å². The monoisotopic (exact) mass is 243 g/mol. The average molecular weight is 244 g/mol. The van der Waals surface area contributed by atoms with Crippen LogP contribution < -0.4 is 5.32 Å². The molecule has 2 rings (SSSR count). The Hall–Kier alpha value is -0.680. The Morgan fingerprint density at radius 2 is 2.33 bits per heavy atom. The van der Waals surface area contributed by atoms with Crippen LogP contribution in [0.3, 0.4) is 0 Å². The van der Waals surface area contributed by atoms with Crippen molar-refractivity contribution in [3.63, 3.8) is 0 Å². The molecule has 0 radical (unpaired) electrons. The molecule has 0 spiro atoms. The Kier molecular flexibility index (Phi) is 1.98. The number of nitrogens with zero attached hydrogens (tertiary/aromatic N) is 2. The number of halogens is 1. The summed E-state index contributed by atoms with van der Waals surface area (Å²) in [5.41, 5.74) is 0.978. The van der Waals surface area contributed by atoms with Crippen LogP contribution in [0.2, 0.25) is 0 Å². The fourth-order valence-corrected chi connectivity index (χ4v) is 2.54. The van der Waals surface area contributed by atoms with Crippen molar-refractivity contribution in [1.82, 2.24) is 9.97 Å². The molecule has 2 aromatic heterocycles. The molecule has 0 aliphatic carbocycles. The molecule has 1 N–H and O–H groups in total. The number of aromatic nitrogens is 2. The van der Waals surface area contributed by atoms with Gasteiger partial charge in [-0.1, -0.05) is 0 Å². The maximum absolute atomic E-state index is 4.14. The van der Waals surface area contributed by atoms with Crippen molar-refractivity contribution in [3.05, 3.63) is 16.2 Å². The van der Waals surface area contributed by atoms with E-state index >= 15 is 0 Å². The highest BCUT2D eigenvalue weighted by Gasteiger charge is 2.04. The third-order valence-electron chi connectivity index (χ3n) is 1.52. The zero-order valence-corrected chi connectivity index (χ0v) is 8.74. The quantitative estimate of drug-likeness (QED) is 0.837. The molecule has 0 aliphatic heterocycles. The van der Waals surface area contributed by atoms with E-state index in [0.717, 1.165) is 19.8 Å². The molecule has 0 bridgehead atoms. The third kappa shape index (κ3) is 1.19. The first-order valence-electron chi connectivity index (χ1n) is 3.39. The number of nitrogens with one attached hydrogen (secondary N) is 1. The van der Waals surface area contributed by atoms with Gasteiger partial charge in [-0.3, -0.25) is 0 Å². The Morgan fingerprint density at radius 3 is 3.08 bits per heavy atom. The van der Waals surface area contributed by atoms with Crippen molar-refractivity contribution in [2.24, 2.45) is 0 Å². The van der Waals surface area contributed by atoms with Crippen LogP contribution in [0, 0.1) is 0 Å². The van der Waals surface area contributed by atoms with E-state index in [4.69, 9.17) is 0 Å². The second kappa shape index (κ2) is 2.99. The largest absolute Gasteiger partial charge is 0.372 e. The van der Waals surface area contributed by atoms with Gasteiger partial charge in [0.1, 0.15) is 12.1 Å². The second-order valence-corrected chi connectivity index (χ2v) is 4.67. The minimum absolute atomic E-state index is 0.885. The van der Waals surface area contributed by atoms with E-state index in [9.17, 15) is 0 Å². The van der Waals surface area contributed by atoms with Crippen molar-refractivity contribution in [1.29, 1.82) is 0 Å². The van der Waals surface area contributed by atoms with E-state index in [1.165, 1.54) is 0 Å². The number of fused-ring (bicyclic) bond motifs is 1. The van der Waals surface area contributed by atoms with Gasteiger partial charge in [-0.2, -0.15) is 0 Å². The fourth-order valence-electron chi connectivity index (χ4n) is 1.00. The average Bonchev–Trinajstić information content (AvgIpc) is 2.44. The maximum atomic E-state index is 4.14. The van der Waals surface area contributed by atoms with Gasteiger partial charge in [0, 0.05) is 7.05 Å². The zero-order valence-electron chi connectivity index (χ0n) is 6.34. The summed E-state index contributed by atoms with van der Waals surface area (Å²) in [6, 6.07) is 1.99. The molecule has 0 aromatic carbocycles. The summed E-state index contributed by atoms with van der Waals surface area (Å²) in [5, 5.41) is 3.02. The van der Waals surface area contributed by atoms with Crippen LogP contribution in [0.4, 0.5) is 5.82 Å². The Balaban J connectivity index is 2.78. The van der Waals surface area contributed by atoms with Crippen molar-refractivity contribution in [2.75, 3.05) is 12.4 Å². The fraction of sp³-hybridized carbons (Fsp3) is 0.143. The maximum Gasteiger partial charge on any atom is 0.147 e. The highest BCUT2D eigenvalue weighted by Crippen LogP contribution is 2.31. The highest BCUT2D eigenvalue weighted by molar-refractivity contribution is 9.11. The zero-order chi connectivity index (χ0) is 8.55. The molecule has 0 amide bonds. The van der Waals surface area contributed by atoms with E-state index in [2.05, 4.69) is 31.2 Å². The third-order valence-corrected chi connectivity index (χ3v) is 3.15. The Labute approximate surface area is 82.0 Å². The molecule has 5 heteroatoms. The smallest absolute Gasteiger partial charge is 0.147 e. The molecular weight excluding hydrogens is 238 g/mol. The topological polar surface area (TPSA) is 37.8 Å². The van der Waals surface area contributed by atoms with Gasteiger partial charge in [0.2, 0.25) is 0 Å². The van der Waals surface area contributed by atoms with Gasteiger partial charge >= 0.3 is 0 Å². The molecular formula is C7H6BrN3S. The van der Waals surface area contributed by atoms with Gasteiger partial charge in [-0.25, -0.2) is 9.97 Å². The first-order valence-corrected chi connectivity index (χ1v) is 5.00. The lowest BCUT2D eigenvalue weighted by Gasteiger charge is -1.97. The molecule has 0 saturated heterocycles. The number of hydrogen-bond donors (Lipinski definition) is 1. The van der Waals surface area contributed by atoms with Gasteiger partial charge in [0.25, 0.3) is 0 Å².